The first-order valence-electron chi connectivity index (χ1n) is 4.83. The highest BCUT2D eigenvalue weighted by molar-refractivity contribution is 4.74. The minimum atomic E-state index is -0.174. The fraction of sp³-hybridized carbons (Fsp3) is 0.800. The van der Waals surface area contributed by atoms with Gasteiger partial charge in [0.15, 0.2) is 13.1 Å². The number of methoxy groups -OCH3 is 1. The summed E-state index contributed by atoms with van der Waals surface area (Å²) >= 11 is 0. The van der Waals surface area contributed by atoms with Crippen molar-refractivity contribution in [3.63, 3.8) is 0 Å². The Hall–Kier alpha value is -0.580. The number of rotatable bonds is 9. The van der Waals surface area contributed by atoms with Crippen LogP contribution >= 0.6 is 0 Å². The highest BCUT2D eigenvalue weighted by Gasteiger charge is 2.03. The van der Waals surface area contributed by atoms with Gasteiger partial charge in [-0.2, -0.15) is 0 Å². The van der Waals surface area contributed by atoms with E-state index in [1.165, 1.54) is 0 Å². The van der Waals surface area contributed by atoms with E-state index in [1.54, 1.807) is 13.4 Å². The first kappa shape index (κ1) is 13.4. The summed E-state index contributed by atoms with van der Waals surface area (Å²) in [6.45, 7) is 5.45. The molecule has 0 N–H and O–H groups in total. The predicted octanol–water partition coefficient (Wildman–Crippen LogP) is 1.91. The van der Waals surface area contributed by atoms with Crippen LogP contribution in [0.5, 0.6) is 0 Å². The molecule has 0 unspecified atom stereocenters. The standard InChI is InChI=1S/C10H20O4/c1-4-13-10(14-5-2)7-6-8-12-9-11-3/h6,8,10H,4-5,7,9H2,1-3H3. The van der Waals surface area contributed by atoms with Gasteiger partial charge >= 0.3 is 0 Å². The van der Waals surface area contributed by atoms with Crippen LogP contribution in [0.1, 0.15) is 20.3 Å². The van der Waals surface area contributed by atoms with E-state index in [4.69, 9.17) is 18.9 Å². The molecule has 0 fully saturated rings. The Balaban J connectivity index is 3.52. The van der Waals surface area contributed by atoms with Crippen LogP contribution in [0, 0.1) is 0 Å². The average molecular weight is 204 g/mol. The molecular weight excluding hydrogens is 184 g/mol. The van der Waals surface area contributed by atoms with Crippen molar-refractivity contribution in [3.8, 4) is 0 Å². The Labute approximate surface area is 85.8 Å². The van der Waals surface area contributed by atoms with Crippen molar-refractivity contribution in [1.82, 2.24) is 0 Å². The highest BCUT2D eigenvalue weighted by Crippen LogP contribution is 2.01. The number of ether oxygens (including phenoxy) is 4. The van der Waals surface area contributed by atoms with E-state index in [1.807, 2.05) is 19.9 Å². The van der Waals surface area contributed by atoms with Gasteiger partial charge in [-0.3, -0.25) is 0 Å². The highest BCUT2D eigenvalue weighted by atomic mass is 16.7. The van der Waals surface area contributed by atoms with Crippen molar-refractivity contribution in [3.05, 3.63) is 12.3 Å². The molecule has 0 spiro atoms. The summed E-state index contributed by atoms with van der Waals surface area (Å²) in [6, 6.07) is 0. The van der Waals surface area contributed by atoms with Gasteiger partial charge in [-0.15, -0.1) is 0 Å². The molecule has 0 heterocycles. The van der Waals surface area contributed by atoms with Crippen LogP contribution in [-0.2, 0) is 18.9 Å². The van der Waals surface area contributed by atoms with Crippen LogP contribution < -0.4 is 0 Å². The van der Waals surface area contributed by atoms with E-state index in [9.17, 15) is 0 Å². The van der Waals surface area contributed by atoms with E-state index < -0.39 is 0 Å². The molecule has 0 saturated carbocycles. The predicted molar refractivity (Wildman–Crippen MR) is 53.8 cm³/mol. The van der Waals surface area contributed by atoms with Crippen LogP contribution in [0.2, 0.25) is 0 Å². The van der Waals surface area contributed by atoms with Crippen LogP contribution in [0.25, 0.3) is 0 Å². The Morgan fingerprint density at radius 2 is 1.79 bits per heavy atom. The molecule has 0 aliphatic carbocycles. The van der Waals surface area contributed by atoms with Crippen molar-refractivity contribution in [1.29, 1.82) is 0 Å². The van der Waals surface area contributed by atoms with E-state index in [-0.39, 0.29) is 13.1 Å². The third-order valence-electron chi connectivity index (χ3n) is 1.41. The van der Waals surface area contributed by atoms with Gasteiger partial charge < -0.3 is 18.9 Å². The minimum absolute atomic E-state index is 0.174. The van der Waals surface area contributed by atoms with Crippen molar-refractivity contribution in [2.45, 2.75) is 26.6 Å². The maximum Gasteiger partial charge on any atom is 0.187 e. The molecule has 0 radical (unpaired) electrons. The van der Waals surface area contributed by atoms with Crippen LogP contribution in [0.15, 0.2) is 12.3 Å². The topological polar surface area (TPSA) is 36.9 Å². The van der Waals surface area contributed by atoms with Crippen molar-refractivity contribution >= 4 is 0 Å². The summed E-state index contributed by atoms with van der Waals surface area (Å²) in [5, 5.41) is 0. The van der Waals surface area contributed by atoms with E-state index in [2.05, 4.69) is 0 Å². The number of hydrogen-bond donors (Lipinski definition) is 0. The summed E-state index contributed by atoms with van der Waals surface area (Å²) < 4.78 is 20.3. The second kappa shape index (κ2) is 10.5. The van der Waals surface area contributed by atoms with E-state index in [0.717, 1.165) is 0 Å². The molecule has 0 aliphatic heterocycles. The second-order valence-corrected chi connectivity index (χ2v) is 2.52. The third kappa shape index (κ3) is 8.04. The first-order chi connectivity index (χ1) is 6.85. The molecule has 4 heteroatoms. The molecule has 0 atom stereocenters. The summed E-state index contributed by atoms with van der Waals surface area (Å²) in [6.07, 6.45) is 3.96. The van der Waals surface area contributed by atoms with Crippen LogP contribution in [0.3, 0.4) is 0 Å². The maximum absolute atomic E-state index is 5.33. The quantitative estimate of drug-likeness (QED) is 0.326. The lowest BCUT2D eigenvalue weighted by Gasteiger charge is -2.14. The molecule has 0 rings (SSSR count). The van der Waals surface area contributed by atoms with Crippen molar-refractivity contribution in [2.75, 3.05) is 27.1 Å². The Morgan fingerprint density at radius 3 is 2.29 bits per heavy atom. The van der Waals surface area contributed by atoms with Gasteiger partial charge in [-0.05, 0) is 19.9 Å². The molecule has 0 aromatic rings. The molecule has 0 amide bonds. The lowest BCUT2D eigenvalue weighted by atomic mass is 10.4. The molecular formula is C10H20O4. The Bertz CT molecular complexity index is 130. The monoisotopic (exact) mass is 204 g/mol. The van der Waals surface area contributed by atoms with Gasteiger partial charge in [-0.1, -0.05) is 0 Å². The van der Waals surface area contributed by atoms with Crippen LogP contribution in [-0.4, -0.2) is 33.4 Å². The van der Waals surface area contributed by atoms with Gasteiger partial charge in [0.05, 0.1) is 6.26 Å². The maximum atomic E-state index is 5.33. The fourth-order valence-corrected chi connectivity index (χ4v) is 0.898. The van der Waals surface area contributed by atoms with Gasteiger partial charge in [0.25, 0.3) is 0 Å². The van der Waals surface area contributed by atoms with Gasteiger partial charge in [0, 0.05) is 26.7 Å². The van der Waals surface area contributed by atoms with Crippen molar-refractivity contribution < 1.29 is 18.9 Å². The van der Waals surface area contributed by atoms with Gasteiger partial charge in [0.1, 0.15) is 0 Å². The summed E-state index contributed by atoms with van der Waals surface area (Å²) in [4.78, 5) is 0. The smallest absolute Gasteiger partial charge is 0.187 e. The number of hydrogen-bond acceptors (Lipinski definition) is 4. The average Bonchev–Trinajstić information content (AvgIpc) is 2.18. The summed E-state index contributed by atoms with van der Waals surface area (Å²) in [5.41, 5.74) is 0. The lowest BCUT2D eigenvalue weighted by molar-refractivity contribution is -0.133. The molecule has 0 aromatic heterocycles. The second-order valence-electron chi connectivity index (χ2n) is 2.52. The van der Waals surface area contributed by atoms with Crippen molar-refractivity contribution in [2.24, 2.45) is 0 Å². The normalized spacial score (nSPS) is 11.4. The Morgan fingerprint density at radius 1 is 1.14 bits per heavy atom. The zero-order valence-corrected chi connectivity index (χ0v) is 9.19. The van der Waals surface area contributed by atoms with Gasteiger partial charge in [0.2, 0.25) is 0 Å². The summed E-state index contributed by atoms with van der Waals surface area (Å²) in [7, 11) is 1.58. The molecule has 0 saturated heterocycles. The third-order valence-corrected chi connectivity index (χ3v) is 1.41. The molecule has 4 nitrogen and oxygen atoms in total. The molecule has 0 aliphatic rings. The molecule has 84 valence electrons. The lowest BCUT2D eigenvalue weighted by Crippen LogP contribution is -2.16. The largest absolute Gasteiger partial charge is 0.476 e. The SMILES string of the molecule is CCOC(CC=COCOC)OCC. The minimum Gasteiger partial charge on any atom is -0.476 e. The van der Waals surface area contributed by atoms with Crippen LogP contribution in [0.4, 0.5) is 0 Å². The van der Waals surface area contributed by atoms with E-state index in [0.29, 0.717) is 19.6 Å². The molecule has 0 bridgehead atoms. The fourth-order valence-electron chi connectivity index (χ4n) is 0.898. The summed E-state index contributed by atoms with van der Waals surface area (Å²) in [5.74, 6) is 0. The Kier molecular flexibility index (Phi) is 10.1. The van der Waals surface area contributed by atoms with Gasteiger partial charge in [-0.25, -0.2) is 0 Å². The van der Waals surface area contributed by atoms with E-state index >= 15 is 0 Å². The molecule has 0 aromatic carbocycles. The first-order valence-corrected chi connectivity index (χ1v) is 4.83. The molecule has 14 heavy (non-hydrogen) atoms. The zero-order chi connectivity index (χ0) is 10.6. The zero-order valence-electron chi connectivity index (χ0n) is 9.19.